The van der Waals surface area contributed by atoms with E-state index in [9.17, 15) is 30.0 Å². The summed E-state index contributed by atoms with van der Waals surface area (Å²) in [5, 5.41) is 40.2. The van der Waals surface area contributed by atoms with Gasteiger partial charge in [-0.2, -0.15) is 0 Å². The predicted octanol–water partition coefficient (Wildman–Crippen LogP) is 11.7. The van der Waals surface area contributed by atoms with Gasteiger partial charge >= 0.3 is 11.9 Å². The summed E-state index contributed by atoms with van der Waals surface area (Å²) in [4.78, 5) is 25.4. The van der Waals surface area contributed by atoms with Crippen molar-refractivity contribution in [3.05, 3.63) is 24.3 Å². The molecule has 2 unspecified atom stereocenters. The van der Waals surface area contributed by atoms with Crippen LogP contribution in [0.3, 0.4) is 0 Å². The Hall–Kier alpha value is -1.82. The summed E-state index contributed by atoms with van der Waals surface area (Å²) in [5.41, 5.74) is 0. The molecule has 358 valence electrons. The lowest BCUT2D eigenvalue weighted by Crippen LogP contribution is -2.59. The number of hydrogen-bond acceptors (Lipinski definition) is 10. The standard InChI is InChI=1S/C51H94O10/c1-3-5-7-9-11-13-15-17-19-20-21-22-23-24-26-28-30-32-34-36-38-40-47(54)60-44(43-59-51-50(57)49(56)48(55)45(41-52)61-51)42-58-46(53)39-37-35-33-31-29-27-25-18-16-14-12-10-8-6-4-2/h17,19,27,29,44-45,48-52,55-57H,3-16,18,20-26,28,30-43H2,1-2H3/b19-17+,29-27+/t44-,45-,48+,49?,50?,51-/m1/s1. The van der Waals surface area contributed by atoms with Crippen LogP contribution in [0.4, 0.5) is 0 Å². The lowest BCUT2D eigenvalue weighted by molar-refractivity contribution is -0.305. The zero-order valence-electron chi connectivity index (χ0n) is 39.2. The Labute approximate surface area is 373 Å². The zero-order chi connectivity index (χ0) is 44.4. The van der Waals surface area contributed by atoms with Crippen molar-refractivity contribution < 1.29 is 49.0 Å². The van der Waals surface area contributed by atoms with Crippen molar-refractivity contribution >= 4 is 11.9 Å². The lowest BCUT2D eigenvalue weighted by Gasteiger charge is -2.39. The number of esters is 2. The summed E-state index contributed by atoms with van der Waals surface area (Å²) in [5.74, 6) is -0.817. The molecule has 0 spiro atoms. The van der Waals surface area contributed by atoms with Crippen LogP contribution in [0.15, 0.2) is 24.3 Å². The second-order valence-electron chi connectivity index (χ2n) is 17.6. The quantitative estimate of drug-likeness (QED) is 0.0265. The number of carbonyl (C=O) groups is 2. The molecule has 10 nitrogen and oxygen atoms in total. The minimum absolute atomic E-state index is 0.222. The van der Waals surface area contributed by atoms with Gasteiger partial charge in [-0.15, -0.1) is 0 Å². The van der Waals surface area contributed by atoms with Gasteiger partial charge in [0.15, 0.2) is 12.4 Å². The molecule has 1 rings (SSSR count). The number of hydrogen-bond donors (Lipinski definition) is 4. The van der Waals surface area contributed by atoms with Gasteiger partial charge in [-0.25, -0.2) is 0 Å². The third kappa shape index (κ3) is 33.4. The fourth-order valence-electron chi connectivity index (χ4n) is 7.77. The summed E-state index contributed by atoms with van der Waals surface area (Å²) in [6.07, 6.45) is 40.4. The first kappa shape index (κ1) is 57.2. The zero-order valence-corrected chi connectivity index (χ0v) is 39.2. The highest BCUT2D eigenvalue weighted by Gasteiger charge is 2.44. The minimum Gasteiger partial charge on any atom is -0.462 e. The first-order chi connectivity index (χ1) is 29.8. The van der Waals surface area contributed by atoms with Gasteiger partial charge in [-0.1, -0.05) is 179 Å². The molecule has 0 aliphatic carbocycles. The van der Waals surface area contributed by atoms with Crippen LogP contribution in [0, 0.1) is 0 Å². The number of aliphatic hydroxyl groups is 4. The average molecular weight is 867 g/mol. The third-order valence-electron chi connectivity index (χ3n) is 11.8. The smallest absolute Gasteiger partial charge is 0.306 e. The Morgan fingerprint density at radius 1 is 0.492 bits per heavy atom. The van der Waals surface area contributed by atoms with E-state index in [0.717, 1.165) is 44.9 Å². The van der Waals surface area contributed by atoms with Gasteiger partial charge in [0.1, 0.15) is 31.0 Å². The lowest BCUT2D eigenvalue weighted by atomic mass is 9.99. The molecule has 0 aromatic carbocycles. The molecule has 0 aromatic rings. The molecule has 6 atom stereocenters. The number of carbonyl (C=O) groups excluding carboxylic acids is 2. The second-order valence-corrected chi connectivity index (χ2v) is 17.6. The maximum Gasteiger partial charge on any atom is 0.306 e. The van der Waals surface area contributed by atoms with E-state index < -0.39 is 49.4 Å². The van der Waals surface area contributed by atoms with Gasteiger partial charge < -0.3 is 39.4 Å². The van der Waals surface area contributed by atoms with Crippen molar-refractivity contribution in [3.8, 4) is 0 Å². The molecular weight excluding hydrogens is 773 g/mol. The van der Waals surface area contributed by atoms with Gasteiger partial charge in [-0.3, -0.25) is 9.59 Å². The van der Waals surface area contributed by atoms with E-state index in [1.54, 1.807) is 0 Å². The van der Waals surface area contributed by atoms with Crippen molar-refractivity contribution in [2.45, 2.75) is 269 Å². The maximum atomic E-state index is 12.8. The Bertz CT molecular complexity index is 1050. The molecule has 1 fully saturated rings. The number of rotatable bonds is 43. The van der Waals surface area contributed by atoms with E-state index in [1.807, 2.05) is 0 Å². The predicted molar refractivity (Wildman–Crippen MR) is 247 cm³/mol. The van der Waals surface area contributed by atoms with E-state index in [0.29, 0.717) is 12.8 Å². The molecule has 0 aromatic heterocycles. The summed E-state index contributed by atoms with van der Waals surface area (Å²) in [6, 6.07) is 0. The summed E-state index contributed by atoms with van der Waals surface area (Å²) in [7, 11) is 0. The van der Waals surface area contributed by atoms with E-state index in [2.05, 4.69) is 38.2 Å². The molecular formula is C51H94O10. The molecule has 1 saturated heterocycles. The molecule has 1 heterocycles. The third-order valence-corrected chi connectivity index (χ3v) is 11.8. The highest BCUT2D eigenvalue weighted by Crippen LogP contribution is 2.23. The van der Waals surface area contributed by atoms with Crippen LogP contribution in [-0.2, 0) is 28.5 Å². The Balaban J connectivity index is 2.26. The van der Waals surface area contributed by atoms with Crippen LogP contribution in [0.5, 0.6) is 0 Å². The van der Waals surface area contributed by atoms with Crippen LogP contribution in [-0.4, -0.2) is 89.0 Å². The molecule has 4 N–H and O–H groups in total. The molecule has 0 bridgehead atoms. The molecule has 61 heavy (non-hydrogen) atoms. The minimum atomic E-state index is -1.60. The molecule has 0 radical (unpaired) electrons. The van der Waals surface area contributed by atoms with Crippen molar-refractivity contribution in [2.24, 2.45) is 0 Å². The largest absolute Gasteiger partial charge is 0.462 e. The number of aliphatic hydroxyl groups excluding tert-OH is 4. The highest BCUT2D eigenvalue weighted by molar-refractivity contribution is 5.70. The first-order valence-corrected chi connectivity index (χ1v) is 25.4. The molecule has 0 amide bonds. The van der Waals surface area contributed by atoms with Crippen LogP contribution in [0.25, 0.3) is 0 Å². The summed E-state index contributed by atoms with van der Waals surface area (Å²) < 4.78 is 22.2. The van der Waals surface area contributed by atoms with Gasteiger partial charge in [0.05, 0.1) is 13.2 Å². The van der Waals surface area contributed by atoms with Gasteiger partial charge in [0, 0.05) is 12.8 Å². The van der Waals surface area contributed by atoms with Crippen molar-refractivity contribution in [1.29, 1.82) is 0 Å². The Morgan fingerprint density at radius 3 is 1.30 bits per heavy atom. The monoisotopic (exact) mass is 867 g/mol. The molecule has 1 aliphatic rings. The fourth-order valence-corrected chi connectivity index (χ4v) is 7.77. The van der Waals surface area contributed by atoms with Gasteiger partial charge in [0.2, 0.25) is 0 Å². The number of unbranched alkanes of at least 4 members (excludes halogenated alkanes) is 28. The number of ether oxygens (including phenoxy) is 4. The van der Waals surface area contributed by atoms with Crippen LogP contribution in [0.2, 0.25) is 0 Å². The summed E-state index contributed by atoms with van der Waals surface area (Å²) in [6.45, 7) is 3.43. The highest BCUT2D eigenvalue weighted by atomic mass is 16.7. The van der Waals surface area contributed by atoms with Crippen LogP contribution in [0.1, 0.15) is 232 Å². The summed E-state index contributed by atoms with van der Waals surface area (Å²) >= 11 is 0. The Kier molecular flexibility index (Phi) is 39.5. The Morgan fingerprint density at radius 2 is 0.869 bits per heavy atom. The SMILES string of the molecule is CCCCCCCC/C=C/CCCCCCCCCCCCCC(=O)O[C@H](COC(=O)CCCCC/C=C/CCCCCCCCCC)CO[C@@H]1O[C@H](CO)[C@H](O)C(O)C1O. The van der Waals surface area contributed by atoms with Crippen molar-refractivity contribution in [1.82, 2.24) is 0 Å². The van der Waals surface area contributed by atoms with E-state index in [1.165, 1.54) is 148 Å². The van der Waals surface area contributed by atoms with Gasteiger partial charge in [0.25, 0.3) is 0 Å². The van der Waals surface area contributed by atoms with E-state index >= 15 is 0 Å². The first-order valence-electron chi connectivity index (χ1n) is 25.4. The van der Waals surface area contributed by atoms with Crippen molar-refractivity contribution in [3.63, 3.8) is 0 Å². The molecule has 1 aliphatic heterocycles. The van der Waals surface area contributed by atoms with E-state index in [4.69, 9.17) is 18.9 Å². The molecule has 0 saturated carbocycles. The second kappa shape index (κ2) is 42.1. The van der Waals surface area contributed by atoms with Crippen molar-refractivity contribution in [2.75, 3.05) is 19.8 Å². The van der Waals surface area contributed by atoms with Gasteiger partial charge in [-0.05, 0) is 64.2 Å². The van der Waals surface area contributed by atoms with Crippen LogP contribution >= 0.6 is 0 Å². The molecule has 10 heteroatoms. The fraction of sp³-hybridized carbons (Fsp3) is 0.882. The van der Waals surface area contributed by atoms with Crippen LogP contribution < -0.4 is 0 Å². The maximum absolute atomic E-state index is 12.8. The van der Waals surface area contributed by atoms with E-state index in [-0.39, 0.29) is 32.0 Å². The number of allylic oxidation sites excluding steroid dienone is 4. The average Bonchev–Trinajstić information content (AvgIpc) is 3.26. The topological polar surface area (TPSA) is 152 Å². The normalized spacial score (nSPS) is 19.9.